The lowest BCUT2D eigenvalue weighted by Crippen LogP contribution is -2.45. The largest absolute Gasteiger partial charge is 0.356 e. The molecule has 180 valence electrons. The first-order valence-electron chi connectivity index (χ1n) is 11.5. The topological polar surface area (TPSA) is 131 Å². The van der Waals surface area contributed by atoms with Gasteiger partial charge in [0.1, 0.15) is 5.54 Å². The van der Waals surface area contributed by atoms with Gasteiger partial charge in [0.25, 0.3) is 0 Å². The van der Waals surface area contributed by atoms with Crippen molar-refractivity contribution in [3.8, 4) is 0 Å². The Bertz CT molecular complexity index is 1030. The number of benzene rings is 1. The Morgan fingerprint density at radius 2 is 1.79 bits per heavy atom. The van der Waals surface area contributed by atoms with Gasteiger partial charge in [0.05, 0.1) is 10.6 Å². The van der Waals surface area contributed by atoms with E-state index >= 15 is 0 Å². The molecule has 3 rings (SSSR count). The zero-order valence-electron chi connectivity index (χ0n) is 19.0. The SMILES string of the molecule is CC(=O)NC1(c2noc(CCC(=O)NCCCS(=O)(=O)c3ccccc3)n2)CCCCCC1. The van der Waals surface area contributed by atoms with Crippen molar-refractivity contribution >= 4 is 21.7 Å². The molecule has 1 aliphatic carbocycles. The quantitative estimate of drug-likeness (QED) is 0.398. The molecule has 1 aromatic heterocycles. The summed E-state index contributed by atoms with van der Waals surface area (Å²) in [6, 6.07) is 8.27. The van der Waals surface area contributed by atoms with Crippen LogP contribution in [0.4, 0.5) is 0 Å². The first kappa shape index (κ1) is 24.9. The molecule has 2 amide bonds. The molecule has 1 aliphatic rings. The fourth-order valence-corrected chi connectivity index (χ4v) is 5.50. The van der Waals surface area contributed by atoms with Crippen molar-refractivity contribution in [3.05, 3.63) is 42.0 Å². The van der Waals surface area contributed by atoms with Crippen molar-refractivity contribution in [1.82, 2.24) is 20.8 Å². The highest BCUT2D eigenvalue weighted by Crippen LogP contribution is 2.34. The predicted molar refractivity (Wildman–Crippen MR) is 122 cm³/mol. The van der Waals surface area contributed by atoms with Gasteiger partial charge in [-0.15, -0.1) is 0 Å². The number of nitrogens with one attached hydrogen (secondary N) is 2. The van der Waals surface area contributed by atoms with E-state index in [2.05, 4.69) is 20.8 Å². The van der Waals surface area contributed by atoms with E-state index in [9.17, 15) is 18.0 Å². The maximum atomic E-state index is 12.3. The zero-order valence-corrected chi connectivity index (χ0v) is 19.8. The van der Waals surface area contributed by atoms with Gasteiger partial charge in [0, 0.05) is 26.3 Å². The average molecular weight is 477 g/mol. The molecule has 2 aromatic rings. The molecule has 0 aliphatic heterocycles. The Kier molecular flexibility index (Phi) is 8.60. The number of sulfone groups is 1. The van der Waals surface area contributed by atoms with Gasteiger partial charge in [-0.3, -0.25) is 9.59 Å². The molecule has 0 atom stereocenters. The van der Waals surface area contributed by atoms with E-state index in [0.29, 0.717) is 18.1 Å². The molecule has 33 heavy (non-hydrogen) atoms. The molecule has 1 aromatic carbocycles. The molecular weight excluding hydrogens is 444 g/mol. The lowest BCUT2D eigenvalue weighted by atomic mass is 9.89. The number of hydrogen-bond donors (Lipinski definition) is 2. The molecule has 0 bridgehead atoms. The zero-order chi connectivity index (χ0) is 23.7. The summed E-state index contributed by atoms with van der Waals surface area (Å²) in [6.45, 7) is 1.76. The van der Waals surface area contributed by atoms with E-state index in [4.69, 9.17) is 4.52 Å². The van der Waals surface area contributed by atoms with E-state index in [-0.39, 0.29) is 41.8 Å². The Balaban J connectivity index is 1.46. The number of amides is 2. The van der Waals surface area contributed by atoms with Crippen LogP contribution in [0.15, 0.2) is 39.8 Å². The van der Waals surface area contributed by atoms with Gasteiger partial charge in [-0.05, 0) is 31.4 Å². The lowest BCUT2D eigenvalue weighted by molar-refractivity contribution is -0.122. The summed E-state index contributed by atoms with van der Waals surface area (Å²) in [6.07, 6.45) is 6.46. The number of aromatic nitrogens is 2. The third kappa shape index (κ3) is 7.12. The summed E-state index contributed by atoms with van der Waals surface area (Å²) in [5.74, 6) is 0.451. The van der Waals surface area contributed by atoms with Gasteiger partial charge in [-0.2, -0.15) is 4.98 Å². The molecule has 10 heteroatoms. The highest BCUT2D eigenvalue weighted by atomic mass is 32.2. The van der Waals surface area contributed by atoms with Crippen LogP contribution in [0.3, 0.4) is 0 Å². The van der Waals surface area contributed by atoms with Crippen molar-refractivity contribution in [2.45, 2.75) is 75.1 Å². The van der Waals surface area contributed by atoms with Gasteiger partial charge in [-0.1, -0.05) is 49.0 Å². The molecule has 2 N–H and O–H groups in total. The summed E-state index contributed by atoms with van der Waals surface area (Å²) >= 11 is 0. The summed E-state index contributed by atoms with van der Waals surface area (Å²) in [5, 5.41) is 9.89. The second kappa shape index (κ2) is 11.4. The van der Waals surface area contributed by atoms with Gasteiger partial charge < -0.3 is 15.2 Å². The summed E-state index contributed by atoms with van der Waals surface area (Å²) in [5.41, 5.74) is -0.614. The predicted octanol–water partition coefficient (Wildman–Crippen LogP) is 2.67. The maximum Gasteiger partial charge on any atom is 0.227 e. The monoisotopic (exact) mass is 476 g/mol. The van der Waals surface area contributed by atoms with Crippen LogP contribution in [0.25, 0.3) is 0 Å². The number of carbonyl (C=O) groups excluding carboxylic acids is 2. The minimum Gasteiger partial charge on any atom is -0.356 e. The number of rotatable bonds is 10. The fraction of sp³-hybridized carbons (Fsp3) is 0.565. The fourth-order valence-electron chi connectivity index (χ4n) is 4.17. The van der Waals surface area contributed by atoms with E-state index in [0.717, 1.165) is 38.5 Å². The molecule has 0 unspecified atom stereocenters. The molecule has 9 nitrogen and oxygen atoms in total. The molecule has 1 heterocycles. The first-order chi connectivity index (χ1) is 15.8. The second-order valence-electron chi connectivity index (χ2n) is 8.52. The van der Waals surface area contributed by atoms with Crippen LogP contribution in [-0.2, 0) is 31.4 Å². The molecule has 1 saturated carbocycles. The number of carbonyl (C=O) groups is 2. The van der Waals surface area contributed by atoms with Crippen LogP contribution in [0.1, 0.15) is 70.0 Å². The average Bonchev–Trinajstić information content (AvgIpc) is 3.16. The minimum absolute atomic E-state index is 0.0322. The third-order valence-electron chi connectivity index (χ3n) is 5.85. The number of hydrogen-bond acceptors (Lipinski definition) is 7. The van der Waals surface area contributed by atoms with E-state index in [1.54, 1.807) is 30.3 Å². The highest BCUT2D eigenvalue weighted by Gasteiger charge is 2.38. The van der Waals surface area contributed by atoms with Crippen molar-refractivity contribution in [2.24, 2.45) is 0 Å². The highest BCUT2D eigenvalue weighted by molar-refractivity contribution is 7.91. The van der Waals surface area contributed by atoms with Crippen LogP contribution in [0.5, 0.6) is 0 Å². The Morgan fingerprint density at radius 3 is 2.45 bits per heavy atom. The van der Waals surface area contributed by atoms with E-state index < -0.39 is 15.4 Å². The van der Waals surface area contributed by atoms with Crippen molar-refractivity contribution in [2.75, 3.05) is 12.3 Å². The normalized spacial score (nSPS) is 16.0. The van der Waals surface area contributed by atoms with Crippen LogP contribution in [0, 0.1) is 0 Å². The number of aryl methyl sites for hydroxylation is 1. The van der Waals surface area contributed by atoms with Gasteiger partial charge in [0.15, 0.2) is 15.7 Å². The van der Waals surface area contributed by atoms with Crippen molar-refractivity contribution in [1.29, 1.82) is 0 Å². The molecule has 1 fully saturated rings. The van der Waals surface area contributed by atoms with Crippen LogP contribution in [0.2, 0.25) is 0 Å². The summed E-state index contributed by atoms with van der Waals surface area (Å²) in [7, 11) is -3.35. The summed E-state index contributed by atoms with van der Waals surface area (Å²) < 4.78 is 29.9. The van der Waals surface area contributed by atoms with Crippen LogP contribution in [-0.4, -0.2) is 42.7 Å². The molecule has 0 saturated heterocycles. The first-order valence-corrected chi connectivity index (χ1v) is 13.1. The van der Waals surface area contributed by atoms with Crippen molar-refractivity contribution < 1.29 is 22.5 Å². The maximum absolute atomic E-state index is 12.3. The van der Waals surface area contributed by atoms with Gasteiger partial charge >= 0.3 is 0 Å². The minimum atomic E-state index is -3.35. The molecule has 0 spiro atoms. The number of nitrogens with zero attached hydrogens (tertiary/aromatic N) is 2. The second-order valence-corrected chi connectivity index (χ2v) is 10.6. The third-order valence-corrected chi connectivity index (χ3v) is 7.67. The molecule has 0 radical (unpaired) electrons. The van der Waals surface area contributed by atoms with Crippen LogP contribution < -0.4 is 10.6 Å². The van der Waals surface area contributed by atoms with E-state index in [1.165, 1.54) is 6.92 Å². The van der Waals surface area contributed by atoms with Crippen molar-refractivity contribution in [3.63, 3.8) is 0 Å². The Morgan fingerprint density at radius 1 is 1.09 bits per heavy atom. The standard InChI is InChI=1S/C23H32N4O5S/c1-18(28)26-23(14-7-2-3-8-15-23)22-25-21(32-27-22)13-12-20(29)24-16-9-17-33(30,31)19-10-5-4-6-11-19/h4-6,10-11H,2-3,7-9,12-17H2,1H3,(H,24,29)(H,26,28). The van der Waals surface area contributed by atoms with Gasteiger partial charge in [0.2, 0.25) is 17.7 Å². The van der Waals surface area contributed by atoms with E-state index in [1.807, 2.05) is 0 Å². The lowest BCUT2D eigenvalue weighted by Gasteiger charge is -2.30. The smallest absolute Gasteiger partial charge is 0.227 e. The Labute approximate surface area is 194 Å². The van der Waals surface area contributed by atoms with Crippen LogP contribution >= 0.6 is 0 Å². The molecular formula is C23H32N4O5S. The Hall–Kier alpha value is -2.75. The van der Waals surface area contributed by atoms with Gasteiger partial charge in [-0.25, -0.2) is 8.42 Å². The summed E-state index contributed by atoms with van der Waals surface area (Å²) in [4.78, 5) is 28.7.